The fraction of sp³-hybridized carbons (Fsp3) is 0.500. The van der Waals surface area contributed by atoms with E-state index in [4.69, 9.17) is 5.73 Å². The fourth-order valence-electron chi connectivity index (χ4n) is 1.32. The molecule has 1 aromatic rings. The maximum Gasteiger partial charge on any atom is 0.109 e. The molecule has 0 saturated heterocycles. The van der Waals surface area contributed by atoms with Crippen LogP contribution in [0.15, 0.2) is 24.3 Å². The van der Waals surface area contributed by atoms with Gasteiger partial charge in [0.1, 0.15) is 6.67 Å². The van der Waals surface area contributed by atoms with Gasteiger partial charge in [0.25, 0.3) is 0 Å². The standard InChI is InChI=1S/C12H18FN.ClH/c1-12(2,3)10-6-4-9(5-7-10)11(14)8-13;/h4-7,11H,8,14H2,1-3H3;1H/t11-;/m1./s1. The molecular weight excluding hydrogens is 213 g/mol. The first-order valence-electron chi connectivity index (χ1n) is 4.87. The second-order valence-electron chi connectivity index (χ2n) is 4.63. The minimum atomic E-state index is -0.505. The zero-order valence-corrected chi connectivity index (χ0v) is 10.3. The molecule has 1 nitrogen and oxygen atoms in total. The van der Waals surface area contributed by atoms with Crippen LogP contribution in [0.4, 0.5) is 4.39 Å². The summed E-state index contributed by atoms with van der Waals surface area (Å²) in [6.45, 7) is 5.94. The van der Waals surface area contributed by atoms with Crippen LogP contribution in [0.1, 0.15) is 37.9 Å². The Bertz CT molecular complexity index is 289. The van der Waals surface area contributed by atoms with E-state index in [1.807, 2.05) is 24.3 Å². The van der Waals surface area contributed by atoms with Gasteiger partial charge < -0.3 is 5.73 Å². The molecule has 15 heavy (non-hydrogen) atoms. The summed E-state index contributed by atoms with van der Waals surface area (Å²) in [5.74, 6) is 0. The minimum absolute atomic E-state index is 0. The molecule has 0 aliphatic carbocycles. The van der Waals surface area contributed by atoms with Crippen LogP contribution in [0.25, 0.3) is 0 Å². The van der Waals surface area contributed by atoms with Crippen LogP contribution < -0.4 is 5.73 Å². The Morgan fingerprint density at radius 1 is 1.20 bits per heavy atom. The maximum absolute atomic E-state index is 12.3. The summed E-state index contributed by atoms with van der Waals surface area (Å²) in [5.41, 5.74) is 7.82. The third kappa shape index (κ3) is 3.80. The molecule has 0 spiro atoms. The largest absolute Gasteiger partial charge is 0.322 e. The van der Waals surface area contributed by atoms with Gasteiger partial charge >= 0.3 is 0 Å². The number of hydrogen-bond donors (Lipinski definition) is 1. The van der Waals surface area contributed by atoms with Crippen molar-refractivity contribution in [2.45, 2.75) is 32.2 Å². The van der Waals surface area contributed by atoms with Crippen molar-refractivity contribution >= 4 is 12.4 Å². The van der Waals surface area contributed by atoms with Gasteiger partial charge in [-0.05, 0) is 16.5 Å². The van der Waals surface area contributed by atoms with Gasteiger partial charge in [0, 0.05) is 0 Å². The van der Waals surface area contributed by atoms with E-state index in [-0.39, 0.29) is 17.8 Å². The normalized spacial score (nSPS) is 13.1. The molecule has 0 bridgehead atoms. The van der Waals surface area contributed by atoms with Crippen LogP contribution in [0.5, 0.6) is 0 Å². The summed E-state index contributed by atoms with van der Waals surface area (Å²) in [4.78, 5) is 0. The molecule has 0 fully saturated rings. The maximum atomic E-state index is 12.3. The first-order valence-corrected chi connectivity index (χ1v) is 4.87. The molecule has 0 heterocycles. The highest BCUT2D eigenvalue weighted by atomic mass is 35.5. The Labute approximate surface area is 97.3 Å². The molecule has 0 aromatic heterocycles. The lowest BCUT2D eigenvalue weighted by Gasteiger charge is -2.19. The first kappa shape index (κ1) is 14.4. The van der Waals surface area contributed by atoms with Gasteiger partial charge in [-0.25, -0.2) is 4.39 Å². The highest BCUT2D eigenvalue weighted by molar-refractivity contribution is 5.85. The van der Waals surface area contributed by atoms with Crippen molar-refractivity contribution in [1.82, 2.24) is 0 Å². The third-order valence-corrected chi connectivity index (χ3v) is 2.37. The van der Waals surface area contributed by atoms with Crippen molar-refractivity contribution in [3.05, 3.63) is 35.4 Å². The zero-order valence-electron chi connectivity index (χ0n) is 9.46. The summed E-state index contributed by atoms with van der Waals surface area (Å²) >= 11 is 0. The average Bonchev–Trinajstić information content (AvgIpc) is 2.15. The number of alkyl halides is 1. The Morgan fingerprint density at radius 2 is 1.67 bits per heavy atom. The number of hydrogen-bond acceptors (Lipinski definition) is 1. The zero-order chi connectivity index (χ0) is 10.8. The van der Waals surface area contributed by atoms with Crippen LogP contribution in [-0.2, 0) is 5.41 Å². The molecule has 0 aliphatic heterocycles. The van der Waals surface area contributed by atoms with E-state index in [2.05, 4.69) is 20.8 Å². The fourth-order valence-corrected chi connectivity index (χ4v) is 1.32. The molecule has 1 atom stereocenters. The molecule has 3 heteroatoms. The lowest BCUT2D eigenvalue weighted by Crippen LogP contribution is -2.14. The SMILES string of the molecule is CC(C)(C)c1ccc([C@H](N)CF)cc1.Cl. The Hall–Kier alpha value is -0.600. The number of rotatable bonds is 2. The van der Waals surface area contributed by atoms with Crippen LogP contribution in [-0.4, -0.2) is 6.67 Å². The Balaban J connectivity index is 0.00000196. The van der Waals surface area contributed by atoms with Crippen molar-refractivity contribution in [2.75, 3.05) is 6.67 Å². The van der Waals surface area contributed by atoms with Gasteiger partial charge in [0.2, 0.25) is 0 Å². The van der Waals surface area contributed by atoms with E-state index in [0.717, 1.165) is 5.56 Å². The second-order valence-corrected chi connectivity index (χ2v) is 4.63. The van der Waals surface area contributed by atoms with Gasteiger partial charge in [0.05, 0.1) is 6.04 Å². The summed E-state index contributed by atoms with van der Waals surface area (Å²) in [6, 6.07) is 7.37. The van der Waals surface area contributed by atoms with E-state index >= 15 is 0 Å². The minimum Gasteiger partial charge on any atom is -0.322 e. The molecule has 0 radical (unpaired) electrons. The number of nitrogens with two attached hydrogens (primary N) is 1. The smallest absolute Gasteiger partial charge is 0.109 e. The molecule has 0 unspecified atom stereocenters. The predicted octanol–water partition coefficient (Wildman–Crippen LogP) is 3.38. The molecule has 1 aromatic carbocycles. The van der Waals surface area contributed by atoms with Crippen LogP contribution in [0, 0.1) is 0 Å². The van der Waals surface area contributed by atoms with Crippen LogP contribution >= 0.6 is 12.4 Å². The van der Waals surface area contributed by atoms with Crippen LogP contribution in [0.3, 0.4) is 0 Å². The molecule has 0 aliphatic rings. The quantitative estimate of drug-likeness (QED) is 0.830. The van der Waals surface area contributed by atoms with Crippen molar-refractivity contribution in [2.24, 2.45) is 5.73 Å². The predicted molar refractivity (Wildman–Crippen MR) is 65.3 cm³/mol. The molecule has 86 valence electrons. The monoisotopic (exact) mass is 231 g/mol. The molecule has 0 saturated carbocycles. The Kier molecular flexibility index (Phi) is 5.26. The first-order chi connectivity index (χ1) is 6.45. The van der Waals surface area contributed by atoms with Gasteiger partial charge in [-0.3, -0.25) is 0 Å². The molecule has 1 rings (SSSR count). The number of benzene rings is 1. The van der Waals surface area contributed by atoms with Gasteiger partial charge in [-0.15, -0.1) is 12.4 Å². The van der Waals surface area contributed by atoms with E-state index < -0.39 is 12.7 Å². The van der Waals surface area contributed by atoms with Gasteiger partial charge in [-0.2, -0.15) is 0 Å². The summed E-state index contributed by atoms with van der Waals surface area (Å²) in [7, 11) is 0. The van der Waals surface area contributed by atoms with E-state index in [0.29, 0.717) is 0 Å². The van der Waals surface area contributed by atoms with Crippen LogP contribution in [0.2, 0.25) is 0 Å². The van der Waals surface area contributed by atoms with Gasteiger partial charge in [0.15, 0.2) is 0 Å². The second kappa shape index (κ2) is 5.47. The Morgan fingerprint density at radius 3 is 2.00 bits per heavy atom. The lowest BCUT2D eigenvalue weighted by molar-refractivity contribution is 0.437. The number of halogens is 2. The van der Waals surface area contributed by atoms with E-state index in [1.165, 1.54) is 5.56 Å². The van der Waals surface area contributed by atoms with Crippen molar-refractivity contribution < 1.29 is 4.39 Å². The third-order valence-electron chi connectivity index (χ3n) is 2.37. The molecular formula is C12H19ClFN. The highest BCUT2D eigenvalue weighted by Crippen LogP contribution is 2.23. The van der Waals surface area contributed by atoms with Crippen molar-refractivity contribution in [3.8, 4) is 0 Å². The molecule has 0 amide bonds. The summed E-state index contributed by atoms with van der Waals surface area (Å²) in [5, 5.41) is 0. The van der Waals surface area contributed by atoms with Crippen molar-refractivity contribution in [1.29, 1.82) is 0 Å². The molecule has 2 N–H and O–H groups in total. The average molecular weight is 232 g/mol. The van der Waals surface area contributed by atoms with Gasteiger partial charge in [-0.1, -0.05) is 45.0 Å². The highest BCUT2D eigenvalue weighted by Gasteiger charge is 2.13. The lowest BCUT2D eigenvalue weighted by atomic mass is 9.86. The van der Waals surface area contributed by atoms with E-state index in [1.54, 1.807) is 0 Å². The summed E-state index contributed by atoms with van der Waals surface area (Å²) in [6.07, 6.45) is 0. The van der Waals surface area contributed by atoms with Crippen molar-refractivity contribution in [3.63, 3.8) is 0 Å². The summed E-state index contributed by atoms with van der Waals surface area (Å²) < 4.78 is 12.3. The van der Waals surface area contributed by atoms with E-state index in [9.17, 15) is 4.39 Å². The topological polar surface area (TPSA) is 26.0 Å².